The Morgan fingerprint density at radius 1 is 1.21 bits per heavy atom. The lowest BCUT2D eigenvalue weighted by Crippen LogP contribution is -2.21. The van der Waals surface area contributed by atoms with Crippen LogP contribution in [0.1, 0.15) is 12.2 Å². The molecule has 1 aromatic heterocycles. The maximum Gasteiger partial charge on any atom is 0.244 e. The normalized spacial score (nSPS) is 18.4. The molecular weight excluding hydrogens is 381 g/mol. The molecule has 0 bridgehead atoms. The molecule has 1 saturated heterocycles. The molecule has 4 rings (SSSR count). The highest BCUT2D eigenvalue weighted by Gasteiger charge is 2.29. The number of benzene rings is 2. The first-order chi connectivity index (χ1) is 13.4. The highest BCUT2D eigenvalue weighted by Crippen LogP contribution is 2.25. The van der Waals surface area contributed by atoms with Gasteiger partial charge < -0.3 is 9.88 Å². The van der Waals surface area contributed by atoms with Gasteiger partial charge in [0.25, 0.3) is 0 Å². The van der Waals surface area contributed by atoms with Crippen molar-refractivity contribution in [2.24, 2.45) is 5.92 Å². The molecule has 1 aliphatic heterocycles. The summed E-state index contributed by atoms with van der Waals surface area (Å²) in [7, 11) is -2.98. The molecule has 1 aliphatic rings. The van der Waals surface area contributed by atoms with E-state index in [-0.39, 0.29) is 29.9 Å². The van der Waals surface area contributed by atoms with Crippen molar-refractivity contribution in [2.75, 3.05) is 16.8 Å². The standard InChI is InChI=1S/C20H20FN3O3S/c21-15-4-3-5-16(11-15)22-20(25)12-24-18-7-2-1-6-17(18)23-19(24)10-14-8-9-28(26,27)13-14/h1-7,11,14H,8-10,12-13H2,(H,22,25)/t14-/m0/s1. The van der Waals surface area contributed by atoms with Crippen LogP contribution in [-0.4, -0.2) is 35.4 Å². The molecule has 1 amide bonds. The average molecular weight is 401 g/mol. The lowest BCUT2D eigenvalue weighted by atomic mass is 10.1. The Bertz CT molecular complexity index is 1140. The summed E-state index contributed by atoms with van der Waals surface area (Å²) in [6, 6.07) is 13.2. The van der Waals surface area contributed by atoms with Gasteiger partial charge >= 0.3 is 0 Å². The van der Waals surface area contributed by atoms with Gasteiger partial charge in [-0.15, -0.1) is 0 Å². The van der Waals surface area contributed by atoms with Gasteiger partial charge in [0.05, 0.1) is 22.5 Å². The van der Waals surface area contributed by atoms with Gasteiger partial charge in [-0.1, -0.05) is 18.2 Å². The fourth-order valence-electron chi connectivity index (χ4n) is 3.66. The van der Waals surface area contributed by atoms with E-state index in [0.29, 0.717) is 24.4 Å². The number of amides is 1. The zero-order valence-corrected chi connectivity index (χ0v) is 16.0. The van der Waals surface area contributed by atoms with E-state index in [9.17, 15) is 17.6 Å². The Morgan fingerprint density at radius 3 is 2.79 bits per heavy atom. The van der Waals surface area contributed by atoms with E-state index in [1.807, 2.05) is 28.8 Å². The van der Waals surface area contributed by atoms with Crippen LogP contribution in [0.15, 0.2) is 48.5 Å². The van der Waals surface area contributed by atoms with Gasteiger partial charge in [0.15, 0.2) is 9.84 Å². The van der Waals surface area contributed by atoms with Crippen LogP contribution in [0, 0.1) is 11.7 Å². The summed E-state index contributed by atoms with van der Waals surface area (Å²) in [5.74, 6) is 0.344. The van der Waals surface area contributed by atoms with Crippen LogP contribution in [0.2, 0.25) is 0 Å². The summed E-state index contributed by atoms with van der Waals surface area (Å²) < 4.78 is 38.7. The second kappa shape index (κ2) is 7.35. The summed E-state index contributed by atoms with van der Waals surface area (Å²) in [6.07, 6.45) is 1.11. The Hall–Kier alpha value is -2.74. The molecule has 28 heavy (non-hydrogen) atoms. The zero-order valence-electron chi connectivity index (χ0n) is 15.1. The van der Waals surface area contributed by atoms with Crippen LogP contribution in [0.4, 0.5) is 10.1 Å². The van der Waals surface area contributed by atoms with Gasteiger partial charge in [-0.2, -0.15) is 0 Å². The van der Waals surface area contributed by atoms with Gasteiger partial charge in [0, 0.05) is 12.1 Å². The molecule has 1 atom stereocenters. The zero-order chi connectivity index (χ0) is 19.7. The number of rotatable bonds is 5. The van der Waals surface area contributed by atoms with Crippen LogP contribution >= 0.6 is 0 Å². The van der Waals surface area contributed by atoms with Crippen molar-refractivity contribution in [1.29, 1.82) is 0 Å². The molecule has 0 spiro atoms. The molecule has 0 saturated carbocycles. The molecule has 0 aliphatic carbocycles. The second-order valence-electron chi connectivity index (χ2n) is 7.13. The van der Waals surface area contributed by atoms with Gasteiger partial charge in [0.2, 0.25) is 5.91 Å². The third kappa shape index (κ3) is 4.06. The minimum absolute atomic E-state index is 0.00634. The third-order valence-electron chi connectivity index (χ3n) is 4.94. The minimum atomic E-state index is -2.98. The first-order valence-corrected chi connectivity index (χ1v) is 10.9. The monoisotopic (exact) mass is 401 g/mol. The number of imidazole rings is 1. The fraction of sp³-hybridized carbons (Fsp3) is 0.300. The highest BCUT2D eigenvalue weighted by atomic mass is 32.2. The van der Waals surface area contributed by atoms with Crippen molar-refractivity contribution < 1.29 is 17.6 Å². The highest BCUT2D eigenvalue weighted by molar-refractivity contribution is 7.91. The van der Waals surface area contributed by atoms with Crippen LogP contribution < -0.4 is 5.32 Å². The Kier molecular flexibility index (Phi) is 4.89. The van der Waals surface area contributed by atoms with E-state index in [0.717, 1.165) is 11.0 Å². The smallest absolute Gasteiger partial charge is 0.244 e. The van der Waals surface area contributed by atoms with Gasteiger partial charge in [-0.25, -0.2) is 17.8 Å². The van der Waals surface area contributed by atoms with Crippen molar-refractivity contribution in [1.82, 2.24) is 9.55 Å². The largest absolute Gasteiger partial charge is 0.324 e. The van der Waals surface area contributed by atoms with Crippen molar-refractivity contribution in [2.45, 2.75) is 19.4 Å². The number of fused-ring (bicyclic) bond motifs is 1. The number of hydrogen-bond donors (Lipinski definition) is 1. The van der Waals surface area contributed by atoms with Crippen LogP contribution in [0.5, 0.6) is 0 Å². The van der Waals surface area contributed by atoms with Gasteiger partial charge in [-0.3, -0.25) is 4.79 Å². The number of carbonyl (C=O) groups excluding carboxylic acids is 1. The maximum absolute atomic E-state index is 13.3. The molecule has 0 radical (unpaired) electrons. The molecule has 8 heteroatoms. The number of para-hydroxylation sites is 2. The molecule has 1 N–H and O–H groups in total. The molecule has 3 aromatic rings. The van der Waals surface area contributed by atoms with Crippen molar-refractivity contribution in [3.05, 3.63) is 60.2 Å². The molecule has 2 aromatic carbocycles. The number of nitrogens with one attached hydrogen (secondary N) is 1. The number of sulfone groups is 1. The van der Waals surface area contributed by atoms with E-state index in [4.69, 9.17) is 0 Å². The van der Waals surface area contributed by atoms with Crippen molar-refractivity contribution in [3.63, 3.8) is 0 Å². The van der Waals surface area contributed by atoms with Crippen LogP contribution in [-0.2, 0) is 27.6 Å². The Morgan fingerprint density at radius 2 is 2.04 bits per heavy atom. The average Bonchev–Trinajstić information content (AvgIpc) is 3.15. The second-order valence-corrected chi connectivity index (χ2v) is 9.36. The van der Waals surface area contributed by atoms with E-state index in [1.54, 1.807) is 6.07 Å². The van der Waals surface area contributed by atoms with Crippen LogP contribution in [0.3, 0.4) is 0 Å². The van der Waals surface area contributed by atoms with Gasteiger partial charge in [0.1, 0.15) is 18.2 Å². The predicted octanol–water partition coefficient (Wildman–Crippen LogP) is 2.79. The summed E-state index contributed by atoms with van der Waals surface area (Å²) in [6.45, 7) is 0.0197. The first-order valence-electron chi connectivity index (χ1n) is 9.10. The molecule has 2 heterocycles. The van der Waals surface area contributed by atoms with Crippen molar-refractivity contribution in [3.8, 4) is 0 Å². The summed E-state index contributed by atoms with van der Waals surface area (Å²) in [4.78, 5) is 17.2. The van der Waals surface area contributed by atoms with E-state index in [1.165, 1.54) is 18.2 Å². The lowest BCUT2D eigenvalue weighted by molar-refractivity contribution is -0.116. The molecule has 6 nitrogen and oxygen atoms in total. The SMILES string of the molecule is O=C(Cn1c(C[C@@H]2CCS(=O)(=O)C2)nc2ccccc21)Nc1cccc(F)c1. The first kappa shape index (κ1) is 18.6. The maximum atomic E-state index is 13.3. The fourth-order valence-corrected chi connectivity index (χ4v) is 5.52. The Labute approximate surface area is 162 Å². The Balaban J connectivity index is 1.59. The number of hydrogen-bond acceptors (Lipinski definition) is 4. The van der Waals surface area contributed by atoms with E-state index in [2.05, 4.69) is 10.3 Å². The van der Waals surface area contributed by atoms with Crippen molar-refractivity contribution >= 4 is 32.5 Å². The van der Waals surface area contributed by atoms with E-state index >= 15 is 0 Å². The number of nitrogens with zero attached hydrogens (tertiary/aromatic N) is 2. The summed E-state index contributed by atoms with van der Waals surface area (Å²) >= 11 is 0. The lowest BCUT2D eigenvalue weighted by Gasteiger charge is -2.12. The van der Waals surface area contributed by atoms with Crippen LogP contribution in [0.25, 0.3) is 11.0 Å². The summed E-state index contributed by atoms with van der Waals surface area (Å²) in [5, 5.41) is 2.70. The molecule has 0 unspecified atom stereocenters. The minimum Gasteiger partial charge on any atom is -0.324 e. The van der Waals surface area contributed by atoms with E-state index < -0.39 is 15.7 Å². The number of halogens is 1. The third-order valence-corrected chi connectivity index (χ3v) is 6.78. The predicted molar refractivity (Wildman–Crippen MR) is 105 cm³/mol. The number of anilines is 1. The summed E-state index contributed by atoms with van der Waals surface area (Å²) in [5.41, 5.74) is 1.96. The number of carbonyl (C=O) groups is 1. The number of aromatic nitrogens is 2. The topological polar surface area (TPSA) is 81.1 Å². The molecular formula is C20H20FN3O3S. The quantitative estimate of drug-likeness (QED) is 0.713. The van der Waals surface area contributed by atoms with Gasteiger partial charge in [-0.05, 0) is 42.7 Å². The molecule has 146 valence electrons. The molecule has 1 fully saturated rings.